The number of H-pyrrole nitrogens is 1. The standard InChI is InChI=1S/C19H15F3N2O6/c1-28-15-7-10(8-17(25)29-2)3-5-13(15)30-14-6-4-12-11(18(14)24(26)27)9-16(23-12)19(20,21)22/h3-7,9,23H,8H2,1-2H3. The quantitative estimate of drug-likeness (QED) is 0.352. The number of nitro benzene ring substituents is 1. The molecule has 3 aromatic rings. The Bertz CT molecular complexity index is 1120. The van der Waals surface area contributed by atoms with E-state index in [9.17, 15) is 28.1 Å². The number of carbonyl (C=O) groups is 1. The Hall–Kier alpha value is -3.76. The van der Waals surface area contributed by atoms with Crippen LogP contribution < -0.4 is 9.47 Å². The van der Waals surface area contributed by atoms with Crippen LogP contribution in [0.1, 0.15) is 11.3 Å². The van der Waals surface area contributed by atoms with Crippen LogP contribution in [0.25, 0.3) is 10.9 Å². The van der Waals surface area contributed by atoms with Gasteiger partial charge in [-0.2, -0.15) is 13.2 Å². The molecule has 30 heavy (non-hydrogen) atoms. The SMILES string of the molecule is COC(=O)Cc1ccc(Oc2ccc3[nH]c(C(F)(F)F)cc3c2[N+](=O)[O-])c(OC)c1. The summed E-state index contributed by atoms with van der Waals surface area (Å²) in [4.78, 5) is 24.3. The molecule has 1 heterocycles. The van der Waals surface area contributed by atoms with E-state index in [2.05, 4.69) is 9.72 Å². The van der Waals surface area contributed by atoms with E-state index in [1.807, 2.05) is 0 Å². The number of rotatable bonds is 6. The Morgan fingerprint density at radius 2 is 1.80 bits per heavy atom. The number of aromatic amines is 1. The van der Waals surface area contributed by atoms with Gasteiger partial charge in [0.25, 0.3) is 0 Å². The van der Waals surface area contributed by atoms with E-state index in [-0.39, 0.29) is 34.6 Å². The highest BCUT2D eigenvalue weighted by Gasteiger charge is 2.34. The predicted molar refractivity (Wildman–Crippen MR) is 98.7 cm³/mol. The van der Waals surface area contributed by atoms with Gasteiger partial charge < -0.3 is 19.2 Å². The number of carbonyl (C=O) groups excluding carboxylic acids is 1. The molecule has 8 nitrogen and oxygen atoms in total. The number of fused-ring (bicyclic) bond motifs is 1. The molecule has 1 N–H and O–H groups in total. The summed E-state index contributed by atoms with van der Waals surface area (Å²) in [5.74, 6) is -0.477. The lowest BCUT2D eigenvalue weighted by Crippen LogP contribution is -2.04. The molecular weight excluding hydrogens is 409 g/mol. The zero-order valence-corrected chi connectivity index (χ0v) is 15.7. The average molecular weight is 424 g/mol. The molecule has 0 radical (unpaired) electrons. The fourth-order valence-electron chi connectivity index (χ4n) is 2.86. The van der Waals surface area contributed by atoms with E-state index in [4.69, 9.17) is 9.47 Å². The van der Waals surface area contributed by atoms with Gasteiger partial charge in [-0.3, -0.25) is 14.9 Å². The highest BCUT2D eigenvalue weighted by molar-refractivity contribution is 5.92. The van der Waals surface area contributed by atoms with Gasteiger partial charge in [0.05, 0.1) is 36.5 Å². The van der Waals surface area contributed by atoms with Crippen molar-refractivity contribution < 1.29 is 37.1 Å². The number of hydrogen-bond acceptors (Lipinski definition) is 6. The van der Waals surface area contributed by atoms with Crippen LogP contribution >= 0.6 is 0 Å². The van der Waals surface area contributed by atoms with Gasteiger partial charge in [-0.05, 0) is 35.9 Å². The monoisotopic (exact) mass is 424 g/mol. The first kappa shape index (κ1) is 21.0. The maximum atomic E-state index is 13.0. The van der Waals surface area contributed by atoms with E-state index >= 15 is 0 Å². The van der Waals surface area contributed by atoms with Crippen molar-refractivity contribution in [3.05, 3.63) is 57.8 Å². The average Bonchev–Trinajstić information content (AvgIpc) is 3.13. The first-order valence-electron chi connectivity index (χ1n) is 8.43. The van der Waals surface area contributed by atoms with E-state index in [1.54, 1.807) is 0 Å². The number of esters is 1. The third kappa shape index (κ3) is 4.14. The van der Waals surface area contributed by atoms with Crippen molar-refractivity contribution in [2.75, 3.05) is 14.2 Å². The largest absolute Gasteiger partial charge is 0.493 e. The van der Waals surface area contributed by atoms with Crippen LogP contribution in [0.5, 0.6) is 17.2 Å². The first-order chi connectivity index (χ1) is 14.1. The Morgan fingerprint density at radius 3 is 2.40 bits per heavy atom. The Kier molecular flexibility index (Phi) is 5.54. The third-order valence-corrected chi connectivity index (χ3v) is 4.25. The van der Waals surface area contributed by atoms with Gasteiger partial charge in [0.2, 0.25) is 5.75 Å². The summed E-state index contributed by atoms with van der Waals surface area (Å²) in [5.41, 5.74) is -1.24. The Labute approximate surface area is 167 Å². The van der Waals surface area contributed by atoms with Crippen molar-refractivity contribution in [1.29, 1.82) is 0 Å². The molecule has 0 aliphatic carbocycles. The second kappa shape index (κ2) is 7.93. The molecule has 0 aliphatic rings. The summed E-state index contributed by atoms with van der Waals surface area (Å²) in [6.45, 7) is 0. The molecule has 0 aliphatic heterocycles. The van der Waals surface area contributed by atoms with Gasteiger partial charge in [-0.15, -0.1) is 0 Å². The first-order valence-corrected chi connectivity index (χ1v) is 8.43. The van der Waals surface area contributed by atoms with E-state index < -0.39 is 28.5 Å². The highest BCUT2D eigenvalue weighted by Crippen LogP contribution is 2.42. The number of hydrogen-bond donors (Lipinski definition) is 1. The Morgan fingerprint density at radius 1 is 1.10 bits per heavy atom. The lowest BCUT2D eigenvalue weighted by molar-refractivity contribution is -0.383. The summed E-state index contributed by atoms with van der Waals surface area (Å²) in [7, 11) is 2.58. The molecule has 1 aromatic heterocycles. The van der Waals surface area contributed by atoms with Gasteiger partial charge >= 0.3 is 17.8 Å². The van der Waals surface area contributed by atoms with Crippen LogP contribution in [0, 0.1) is 10.1 Å². The number of halogens is 3. The fraction of sp³-hybridized carbons (Fsp3) is 0.211. The zero-order valence-electron chi connectivity index (χ0n) is 15.7. The maximum Gasteiger partial charge on any atom is 0.431 e. The van der Waals surface area contributed by atoms with Crippen LogP contribution in [0.15, 0.2) is 36.4 Å². The molecule has 3 rings (SSSR count). The number of nitrogens with zero attached hydrogens (tertiary/aromatic N) is 1. The van der Waals surface area contributed by atoms with Crippen molar-refractivity contribution in [1.82, 2.24) is 4.98 Å². The molecular formula is C19H15F3N2O6. The molecule has 0 unspecified atom stereocenters. The summed E-state index contributed by atoms with van der Waals surface area (Å²) >= 11 is 0. The molecule has 0 spiro atoms. The molecule has 0 amide bonds. The third-order valence-electron chi connectivity index (χ3n) is 4.25. The van der Waals surface area contributed by atoms with Crippen LogP contribution in [0.3, 0.4) is 0 Å². The number of alkyl halides is 3. The number of nitro groups is 1. The number of ether oxygens (including phenoxy) is 3. The zero-order chi connectivity index (χ0) is 22.1. The molecule has 2 aromatic carbocycles. The van der Waals surface area contributed by atoms with Crippen molar-refractivity contribution in [3.8, 4) is 17.2 Å². The molecule has 0 bridgehead atoms. The highest BCUT2D eigenvalue weighted by atomic mass is 19.4. The summed E-state index contributed by atoms with van der Waals surface area (Å²) in [6, 6.07) is 7.58. The van der Waals surface area contributed by atoms with E-state index in [0.717, 1.165) is 0 Å². The molecule has 0 fully saturated rings. The normalized spacial score (nSPS) is 11.4. The lowest BCUT2D eigenvalue weighted by Gasteiger charge is -2.12. The fourth-order valence-corrected chi connectivity index (χ4v) is 2.86. The van der Waals surface area contributed by atoms with Crippen molar-refractivity contribution in [3.63, 3.8) is 0 Å². The maximum absolute atomic E-state index is 13.0. The molecule has 0 saturated carbocycles. The number of nitrogens with one attached hydrogen (secondary N) is 1. The summed E-state index contributed by atoms with van der Waals surface area (Å²) in [6.07, 6.45) is -4.71. The smallest absolute Gasteiger partial charge is 0.431 e. The van der Waals surface area contributed by atoms with Crippen molar-refractivity contribution >= 4 is 22.6 Å². The number of aromatic nitrogens is 1. The molecule has 0 atom stereocenters. The lowest BCUT2D eigenvalue weighted by atomic mass is 10.1. The van der Waals surface area contributed by atoms with E-state index in [0.29, 0.717) is 11.6 Å². The van der Waals surface area contributed by atoms with Gasteiger partial charge in [0.15, 0.2) is 11.5 Å². The summed E-state index contributed by atoms with van der Waals surface area (Å²) in [5, 5.41) is 11.4. The number of methoxy groups -OCH3 is 2. The Balaban J connectivity index is 2.04. The van der Waals surface area contributed by atoms with Crippen LogP contribution in [0.2, 0.25) is 0 Å². The van der Waals surface area contributed by atoms with Crippen LogP contribution in [-0.4, -0.2) is 30.1 Å². The molecule has 158 valence electrons. The minimum absolute atomic E-state index is 0.0250. The van der Waals surface area contributed by atoms with Gasteiger partial charge in [0.1, 0.15) is 5.69 Å². The van der Waals surface area contributed by atoms with Crippen LogP contribution in [-0.2, 0) is 22.1 Å². The second-order valence-corrected chi connectivity index (χ2v) is 6.15. The minimum atomic E-state index is -4.69. The summed E-state index contributed by atoms with van der Waals surface area (Å²) < 4.78 is 54.3. The van der Waals surface area contributed by atoms with E-state index in [1.165, 1.54) is 44.6 Å². The van der Waals surface area contributed by atoms with Gasteiger partial charge in [-0.25, -0.2) is 0 Å². The van der Waals surface area contributed by atoms with Crippen LogP contribution in [0.4, 0.5) is 18.9 Å². The number of benzene rings is 2. The van der Waals surface area contributed by atoms with Gasteiger partial charge in [-0.1, -0.05) is 6.07 Å². The topological polar surface area (TPSA) is 104 Å². The second-order valence-electron chi connectivity index (χ2n) is 6.15. The van der Waals surface area contributed by atoms with Crippen molar-refractivity contribution in [2.45, 2.75) is 12.6 Å². The predicted octanol–water partition coefficient (Wildman–Crippen LogP) is 4.61. The molecule has 0 saturated heterocycles. The van der Waals surface area contributed by atoms with Crippen molar-refractivity contribution in [2.24, 2.45) is 0 Å². The van der Waals surface area contributed by atoms with Gasteiger partial charge in [0, 0.05) is 0 Å². The minimum Gasteiger partial charge on any atom is -0.493 e. The molecule has 11 heteroatoms.